The lowest BCUT2D eigenvalue weighted by Gasteiger charge is -2.34. The van der Waals surface area contributed by atoms with Crippen molar-refractivity contribution in [2.45, 2.75) is 37.8 Å². The molecule has 1 heterocycles. The highest BCUT2D eigenvalue weighted by atomic mass is 32.2. The van der Waals surface area contributed by atoms with Crippen LogP contribution >= 0.6 is 11.8 Å². The minimum absolute atomic E-state index is 0.322. The van der Waals surface area contributed by atoms with Crippen molar-refractivity contribution in [2.24, 2.45) is 0 Å². The molecule has 4 heteroatoms. The Labute approximate surface area is 120 Å². The van der Waals surface area contributed by atoms with Gasteiger partial charge in [-0.1, -0.05) is 13.8 Å². The Morgan fingerprint density at radius 1 is 1.37 bits per heavy atom. The third-order valence-corrected chi connectivity index (χ3v) is 4.99. The number of hydrogen-bond donors (Lipinski definition) is 1. The van der Waals surface area contributed by atoms with Crippen LogP contribution in [0.25, 0.3) is 0 Å². The molecule has 2 rings (SSSR count). The molecule has 1 aliphatic heterocycles. The Balaban J connectivity index is 2.61. The fraction of sp³-hybridized carbons (Fsp3) is 0.600. The number of fused-ring (bicyclic) bond motifs is 1. The summed E-state index contributed by atoms with van der Waals surface area (Å²) in [7, 11) is 3.43. The first-order valence-corrected chi connectivity index (χ1v) is 7.78. The first-order chi connectivity index (χ1) is 9.13. The summed E-state index contributed by atoms with van der Waals surface area (Å²) in [6.45, 7) is 7.52. The first-order valence-electron chi connectivity index (χ1n) is 6.73. The van der Waals surface area contributed by atoms with Crippen molar-refractivity contribution in [3.05, 3.63) is 22.8 Å². The first kappa shape index (κ1) is 14.5. The smallest absolute Gasteiger partial charge is 0.165 e. The van der Waals surface area contributed by atoms with Crippen molar-refractivity contribution in [1.29, 1.82) is 0 Å². The van der Waals surface area contributed by atoms with E-state index in [4.69, 9.17) is 9.47 Å². The van der Waals surface area contributed by atoms with E-state index in [1.807, 2.05) is 11.8 Å². The predicted molar refractivity (Wildman–Crippen MR) is 81.5 cm³/mol. The van der Waals surface area contributed by atoms with Crippen LogP contribution in [0.3, 0.4) is 0 Å². The van der Waals surface area contributed by atoms with Gasteiger partial charge in [-0.2, -0.15) is 11.8 Å². The Bertz CT molecular complexity index is 462. The third-order valence-electron chi connectivity index (χ3n) is 3.74. The second-order valence-corrected chi connectivity index (χ2v) is 6.24. The van der Waals surface area contributed by atoms with E-state index >= 15 is 0 Å². The molecule has 3 nitrogen and oxygen atoms in total. The van der Waals surface area contributed by atoms with Crippen LogP contribution in [-0.2, 0) is 5.75 Å². The Hall–Kier alpha value is -0.870. The van der Waals surface area contributed by atoms with Crippen molar-refractivity contribution in [1.82, 2.24) is 5.32 Å². The summed E-state index contributed by atoms with van der Waals surface area (Å²) < 4.78 is 11.1. The number of benzene rings is 1. The van der Waals surface area contributed by atoms with Gasteiger partial charge < -0.3 is 14.8 Å². The number of ether oxygens (including phenoxy) is 2. The maximum Gasteiger partial charge on any atom is 0.165 e. The molecule has 2 atom stereocenters. The van der Waals surface area contributed by atoms with E-state index in [1.54, 1.807) is 14.2 Å². The molecule has 1 aromatic rings. The quantitative estimate of drug-likeness (QED) is 0.917. The standard InChI is InChI=1S/C15H23NO2S/c1-6-16-14-10(3)19-8-11-9(2)7-12(17-4)15(18-5)13(11)14/h7,10,14,16H,6,8H2,1-5H3. The largest absolute Gasteiger partial charge is 0.493 e. The summed E-state index contributed by atoms with van der Waals surface area (Å²) in [5.41, 5.74) is 3.97. The van der Waals surface area contributed by atoms with Gasteiger partial charge in [0.2, 0.25) is 0 Å². The summed E-state index contributed by atoms with van der Waals surface area (Å²) in [6, 6.07) is 2.40. The topological polar surface area (TPSA) is 30.5 Å². The van der Waals surface area contributed by atoms with E-state index in [2.05, 4.69) is 32.2 Å². The maximum absolute atomic E-state index is 5.64. The van der Waals surface area contributed by atoms with Crippen LogP contribution in [0.15, 0.2) is 6.07 Å². The molecule has 19 heavy (non-hydrogen) atoms. The summed E-state index contributed by atoms with van der Waals surface area (Å²) in [5, 5.41) is 4.12. The zero-order chi connectivity index (χ0) is 14.0. The highest BCUT2D eigenvalue weighted by molar-refractivity contribution is 7.99. The molecule has 2 unspecified atom stereocenters. The van der Waals surface area contributed by atoms with E-state index in [-0.39, 0.29) is 0 Å². The van der Waals surface area contributed by atoms with Crippen molar-refractivity contribution in [3.8, 4) is 11.5 Å². The predicted octanol–water partition coefficient (Wildman–Crippen LogP) is 3.30. The highest BCUT2D eigenvalue weighted by Crippen LogP contribution is 2.47. The summed E-state index contributed by atoms with van der Waals surface area (Å²) in [6.07, 6.45) is 0. The lowest BCUT2D eigenvalue weighted by atomic mass is 9.93. The van der Waals surface area contributed by atoms with Crippen molar-refractivity contribution >= 4 is 11.8 Å². The average Bonchev–Trinajstić information content (AvgIpc) is 2.41. The molecule has 0 aromatic heterocycles. The number of rotatable bonds is 4. The van der Waals surface area contributed by atoms with Gasteiger partial charge in [0.25, 0.3) is 0 Å². The molecule has 0 saturated carbocycles. The number of nitrogens with one attached hydrogen (secondary N) is 1. The Morgan fingerprint density at radius 3 is 2.68 bits per heavy atom. The van der Waals surface area contributed by atoms with Gasteiger partial charge in [0.15, 0.2) is 11.5 Å². The SMILES string of the molecule is CCNC1c2c(c(C)cc(OC)c2OC)CSC1C. The molecule has 0 spiro atoms. The molecule has 0 aliphatic carbocycles. The maximum atomic E-state index is 5.64. The Kier molecular flexibility index (Phi) is 4.63. The number of hydrogen-bond acceptors (Lipinski definition) is 4. The molecule has 106 valence electrons. The van der Waals surface area contributed by atoms with Crippen LogP contribution in [-0.4, -0.2) is 26.0 Å². The molecule has 1 N–H and O–H groups in total. The average molecular weight is 281 g/mol. The van der Waals surface area contributed by atoms with Crippen molar-refractivity contribution in [2.75, 3.05) is 20.8 Å². The molecular formula is C15H23NO2S. The van der Waals surface area contributed by atoms with Gasteiger partial charge in [-0.05, 0) is 30.7 Å². The van der Waals surface area contributed by atoms with Gasteiger partial charge in [0, 0.05) is 22.6 Å². The summed E-state index contributed by atoms with van der Waals surface area (Å²) in [5.74, 6) is 2.77. The van der Waals surface area contributed by atoms with Gasteiger partial charge in [-0.3, -0.25) is 0 Å². The molecule has 0 saturated heterocycles. The summed E-state index contributed by atoms with van der Waals surface area (Å²) >= 11 is 2.00. The normalized spacial score (nSPS) is 21.9. The van der Waals surface area contributed by atoms with E-state index in [1.165, 1.54) is 16.7 Å². The molecular weight excluding hydrogens is 258 g/mol. The van der Waals surface area contributed by atoms with E-state index in [9.17, 15) is 0 Å². The molecule has 0 radical (unpaired) electrons. The van der Waals surface area contributed by atoms with Crippen molar-refractivity contribution < 1.29 is 9.47 Å². The van der Waals surface area contributed by atoms with E-state index in [0.29, 0.717) is 11.3 Å². The van der Waals surface area contributed by atoms with Gasteiger partial charge in [0.05, 0.1) is 14.2 Å². The Morgan fingerprint density at radius 2 is 2.11 bits per heavy atom. The van der Waals surface area contributed by atoms with Crippen LogP contribution < -0.4 is 14.8 Å². The number of methoxy groups -OCH3 is 2. The second kappa shape index (κ2) is 6.06. The molecule has 1 aliphatic rings. The lowest BCUT2D eigenvalue weighted by Crippen LogP contribution is -2.32. The minimum atomic E-state index is 0.322. The lowest BCUT2D eigenvalue weighted by molar-refractivity contribution is 0.345. The van der Waals surface area contributed by atoms with Gasteiger partial charge >= 0.3 is 0 Å². The van der Waals surface area contributed by atoms with Gasteiger partial charge in [-0.15, -0.1) is 0 Å². The van der Waals surface area contributed by atoms with E-state index in [0.717, 1.165) is 23.8 Å². The second-order valence-electron chi connectivity index (χ2n) is 4.87. The van der Waals surface area contributed by atoms with Gasteiger partial charge in [0.1, 0.15) is 0 Å². The third kappa shape index (κ3) is 2.56. The van der Waals surface area contributed by atoms with Gasteiger partial charge in [-0.25, -0.2) is 0 Å². The van der Waals surface area contributed by atoms with Crippen LogP contribution in [0.2, 0.25) is 0 Å². The molecule has 0 bridgehead atoms. The fourth-order valence-electron chi connectivity index (χ4n) is 2.75. The monoisotopic (exact) mass is 281 g/mol. The molecule has 1 aromatic carbocycles. The zero-order valence-corrected chi connectivity index (χ0v) is 13.2. The number of aryl methyl sites for hydroxylation is 1. The van der Waals surface area contributed by atoms with E-state index < -0.39 is 0 Å². The van der Waals surface area contributed by atoms with Crippen LogP contribution in [0.5, 0.6) is 11.5 Å². The van der Waals surface area contributed by atoms with Crippen molar-refractivity contribution in [3.63, 3.8) is 0 Å². The minimum Gasteiger partial charge on any atom is -0.493 e. The highest BCUT2D eigenvalue weighted by Gasteiger charge is 2.32. The summed E-state index contributed by atoms with van der Waals surface area (Å²) in [4.78, 5) is 0. The fourth-order valence-corrected chi connectivity index (χ4v) is 3.99. The van der Waals surface area contributed by atoms with Crippen LogP contribution in [0.1, 0.15) is 36.6 Å². The molecule has 0 amide bonds. The number of thioether (sulfide) groups is 1. The zero-order valence-electron chi connectivity index (χ0n) is 12.4. The van der Waals surface area contributed by atoms with Crippen LogP contribution in [0.4, 0.5) is 0 Å². The van der Waals surface area contributed by atoms with Crippen LogP contribution in [0, 0.1) is 6.92 Å². The molecule has 0 fully saturated rings.